The van der Waals surface area contributed by atoms with Gasteiger partial charge in [-0.2, -0.15) is 0 Å². The zero-order chi connectivity index (χ0) is 14.6. The van der Waals surface area contributed by atoms with E-state index in [0.717, 1.165) is 0 Å². The minimum Gasteiger partial charge on any atom is -0.480 e. The Kier molecular flexibility index (Phi) is 4.70. The fourth-order valence-corrected chi connectivity index (χ4v) is 3.37. The standard InChI is InChI=1S/C9H15N3O6S/c10-7(13)3-6(8(14)15)12-9(16)11-5-1-2-19(17,18)4-5/h5-6H,1-4H2,(H2,10,13)(H,14,15)(H2,11,12,16)/t5?,6-/m1/s1. The number of carbonyl (C=O) groups excluding carboxylic acids is 2. The van der Waals surface area contributed by atoms with Gasteiger partial charge in [-0.1, -0.05) is 0 Å². The second-order valence-corrected chi connectivity index (χ2v) is 6.51. The number of sulfone groups is 1. The van der Waals surface area contributed by atoms with Crippen molar-refractivity contribution in [3.05, 3.63) is 0 Å². The maximum atomic E-state index is 11.5. The van der Waals surface area contributed by atoms with E-state index in [4.69, 9.17) is 10.8 Å². The number of nitrogens with one attached hydrogen (secondary N) is 2. The van der Waals surface area contributed by atoms with Gasteiger partial charge in [0.05, 0.1) is 17.9 Å². The van der Waals surface area contributed by atoms with Gasteiger partial charge in [-0.15, -0.1) is 0 Å². The molecule has 9 nitrogen and oxygen atoms in total. The highest BCUT2D eigenvalue weighted by Crippen LogP contribution is 2.10. The summed E-state index contributed by atoms with van der Waals surface area (Å²) in [5.74, 6) is -2.45. The number of carboxylic acid groups (broad SMARTS) is 1. The van der Waals surface area contributed by atoms with Crippen LogP contribution in [0, 0.1) is 0 Å². The molecule has 0 aliphatic carbocycles. The van der Waals surface area contributed by atoms with Crippen molar-refractivity contribution in [3.8, 4) is 0 Å². The van der Waals surface area contributed by atoms with Crippen LogP contribution in [0.25, 0.3) is 0 Å². The Balaban J connectivity index is 2.49. The van der Waals surface area contributed by atoms with Gasteiger partial charge in [0.2, 0.25) is 5.91 Å². The van der Waals surface area contributed by atoms with Crippen molar-refractivity contribution in [2.75, 3.05) is 11.5 Å². The van der Waals surface area contributed by atoms with Gasteiger partial charge in [0, 0.05) is 6.04 Å². The smallest absolute Gasteiger partial charge is 0.326 e. The summed E-state index contributed by atoms with van der Waals surface area (Å²) in [5.41, 5.74) is 4.85. The Morgan fingerprint density at radius 2 is 2.00 bits per heavy atom. The number of carboxylic acids is 1. The maximum absolute atomic E-state index is 11.5. The number of amides is 3. The highest BCUT2D eigenvalue weighted by atomic mass is 32.2. The molecule has 1 saturated heterocycles. The van der Waals surface area contributed by atoms with Crippen LogP contribution in [0.3, 0.4) is 0 Å². The van der Waals surface area contributed by atoms with E-state index in [2.05, 4.69) is 10.6 Å². The minimum absolute atomic E-state index is 0.0123. The van der Waals surface area contributed by atoms with Gasteiger partial charge < -0.3 is 21.5 Å². The molecule has 3 amide bonds. The molecule has 1 heterocycles. The predicted octanol–water partition coefficient (Wildman–Crippen LogP) is -2.20. The summed E-state index contributed by atoms with van der Waals surface area (Å²) in [6.45, 7) is 0. The van der Waals surface area contributed by atoms with Gasteiger partial charge >= 0.3 is 12.0 Å². The Bertz CT molecular complexity index is 488. The number of aliphatic carboxylic acids is 1. The third kappa shape index (κ3) is 5.12. The van der Waals surface area contributed by atoms with E-state index in [0.29, 0.717) is 0 Å². The van der Waals surface area contributed by atoms with E-state index in [1.165, 1.54) is 0 Å². The minimum atomic E-state index is -3.14. The molecule has 0 aromatic heterocycles. The average Bonchev–Trinajstić information content (AvgIpc) is 2.56. The number of hydrogen-bond donors (Lipinski definition) is 4. The summed E-state index contributed by atoms with van der Waals surface area (Å²) in [5, 5.41) is 13.2. The molecule has 1 rings (SSSR count). The van der Waals surface area contributed by atoms with Gasteiger partial charge in [-0.25, -0.2) is 18.0 Å². The Morgan fingerprint density at radius 1 is 1.37 bits per heavy atom. The largest absolute Gasteiger partial charge is 0.480 e. The Labute approximate surface area is 109 Å². The molecule has 1 aliphatic heterocycles. The summed E-state index contributed by atoms with van der Waals surface area (Å²) < 4.78 is 22.3. The van der Waals surface area contributed by atoms with E-state index in [-0.39, 0.29) is 17.9 Å². The number of nitrogens with two attached hydrogens (primary N) is 1. The number of primary amides is 1. The van der Waals surface area contributed by atoms with Crippen molar-refractivity contribution in [3.63, 3.8) is 0 Å². The zero-order valence-corrected chi connectivity index (χ0v) is 10.8. The highest BCUT2D eigenvalue weighted by Gasteiger charge is 2.30. The lowest BCUT2D eigenvalue weighted by molar-refractivity contribution is -0.140. The number of carbonyl (C=O) groups is 3. The number of urea groups is 1. The molecule has 0 saturated carbocycles. The van der Waals surface area contributed by atoms with Crippen LogP contribution in [0.2, 0.25) is 0 Å². The van der Waals surface area contributed by atoms with Crippen molar-refractivity contribution in [2.24, 2.45) is 5.73 Å². The van der Waals surface area contributed by atoms with Crippen LogP contribution in [-0.4, -0.2) is 55.0 Å². The second-order valence-electron chi connectivity index (χ2n) is 4.28. The van der Waals surface area contributed by atoms with Crippen LogP contribution in [0.15, 0.2) is 0 Å². The average molecular weight is 293 g/mol. The van der Waals surface area contributed by atoms with Crippen LogP contribution in [-0.2, 0) is 19.4 Å². The summed E-state index contributed by atoms with van der Waals surface area (Å²) >= 11 is 0. The van der Waals surface area contributed by atoms with Crippen LogP contribution in [0.1, 0.15) is 12.8 Å². The third-order valence-electron chi connectivity index (χ3n) is 2.58. The lowest BCUT2D eigenvalue weighted by Crippen LogP contribution is -2.50. The van der Waals surface area contributed by atoms with Crippen LogP contribution in [0.4, 0.5) is 4.79 Å². The van der Waals surface area contributed by atoms with E-state index < -0.39 is 46.2 Å². The molecular formula is C9H15N3O6S. The third-order valence-corrected chi connectivity index (χ3v) is 4.34. The van der Waals surface area contributed by atoms with Crippen molar-refractivity contribution in [2.45, 2.75) is 24.9 Å². The summed E-state index contributed by atoms with van der Waals surface area (Å²) in [4.78, 5) is 32.9. The molecule has 1 fully saturated rings. The predicted molar refractivity (Wildman–Crippen MR) is 64.0 cm³/mol. The van der Waals surface area contributed by atoms with Crippen molar-refractivity contribution < 1.29 is 27.9 Å². The maximum Gasteiger partial charge on any atom is 0.326 e. The molecule has 1 unspecified atom stereocenters. The monoisotopic (exact) mass is 293 g/mol. The van der Waals surface area contributed by atoms with Gasteiger partial charge in [0.25, 0.3) is 0 Å². The van der Waals surface area contributed by atoms with E-state index in [1.807, 2.05) is 0 Å². The van der Waals surface area contributed by atoms with Crippen LogP contribution >= 0.6 is 0 Å². The Morgan fingerprint density at radius 3 is 2.42 bits per heavy atom. The Hall–Kier alpha value is -1.84. The molecular weight excluding hydrogens is 278 g/mol. The molecule has 2 atom stereocenters. The molecule has 0 spiro atoms. The second kappa shape index (κ2) is 5.87. The SMILES string of the molecule is NC(=O)C[C@@H](NC(=O)NC1CCS(=O)(=O)C1)C(=O)O. The molecule has 5 N–H and O–H groups in total. The zero-order valence-electron chi connectivity index (χ0n) is 9.96. The van der Waals surface area contributed by atoms with Crippen molar-refractivity contribution >= 4 is 27.7 Å². The van der Waals surface area contributed by atoms with Crippen molar-refractivity contribution in [1.29, 1.82) is 0 Å². The lowest BCUT2D eigenvalue weighted by atomic mass is 10.2. The van der Waals surface area contributed by atoms with Gasteiger partial charge in [0.15, 0.2) is 9.84 Å². The molecule has 1 aliphatic rings. The highest BCUT2D eigenvalue weighted by molar-refractivity contribution is 7.91. The fourth-order valence-electron chi connectivity index (χ4n) is 1.70. The molecule has 19 heavy (non-hydrogen) atoms. The summed E-state index contributed by atoms with van der Waals surface area (Å²) in [6.07, 6.45) is -0.255. The molecule has 0 aromatic carbocycles. The first-order valence-electron chi connectivity index (χ1n) is 5.48. The molecule has 0 aromatic rings. The van der Waals surface area contributed by atoms with E-state index in [9.17, 15) is 22.8 Å². The molecule has 0 bridgehead atoms. The topological polar surface area (TPSA) is 156 Å². The number of hydrogen-bond acceptors (Lipinski definition) is 5. The molecule has 0 radical (unpaired) electrons. The van der Waals surface area contributed by atoms with E-state index in [1.54, 1.807) is 0 Å². The first-order chi connectivity index (χ1) is 8.69. The first kappa shape index (κ1) is 15.2. The van der Waals surface area contributed by atoms with Crippen molar-refractivity contribution in [1.82, 2.24) is 10.6 Å². The molecule has 10 heteroatoms. The van der Waals surface area contributed by atoms with Gasteiger partial charge in [0.1, 0.15) is 6.04 Å². The first-order valence-corrected chi connectivity index (χ1v) is 7.30. The lowest BCUT2D eigenvalue weighted by Gasteiger charge is -2.16. The van der Waals surface area contributed by atoms with Gasteiger partial charge in [-0.05, 0) is 6.42 Å². The van der Waals surface area contributed by atoms with E-state index >= 15 is 0 Å². The normalized spacial score (nSPS) is 22.4. The summed E-state index contributed by atoms with van der Waals surface area (Å²) in [6, 6.07) is -2.82. The summed E-state index contributed by atoms with van der Waals surface area (Å²) in [7, 11) is -3.14. The van der Waals surface area contributed by atoms with Crippen LogP contribution in [0.5, 0.6) is 0 Å². The molecule has 108 valence electrons. The quantitative estimate of drug-likeness (QED) is 0.450. The van der Waals surface area contributed by atoms with Gasteiger partial charge in [-0.3, -0.25) is 4.79 Å². The van der Waals surface area contributed by atoms with Crippen LogP contribution < -0.4 is 16.4 Å². The number of rotatable bonds is 5. The fraction of sp³-hybridized carbons (Fsp3) is 0.667.